The molecule has 0 amide bonds. The van der Waals surface area contributed by atoms with Crippen LogP contribution < -0.4 is 5.73 Å². The number of aliphatic hydroxyl groups is 1. The summed E-state index contributed by atoms with van der Waals surface area (Å²) in [6.07, 6.45) is 11.5. The Labute approximate surface area is 175 Å². The van der Waals surface area contributed by atoms with Gasteiger partial charge in [0.2, 0.25) is 0 Å². The molecule has 1 fully saturated rings. The molecule has 29 heavy (non-hydrogen) atoms. The van der Waals surface area contributed by atoms with Crippen molar-refractivity contribution in [3.8, 4) is 11.5 Å². The first kappa shape index (κ1) is 21.9. The number of unbranched alkanes of at least 4 members (excludes halogenated alkanes) is 2. The lowest BCUT2D eigenvalue weighted by Crippen LogP contribution is -2.34. The number of hydrogen-bond donors (Lipinski definition) is 4. The van der Waals surface area contributed by atoms with Crippen LogP contribution in [0.4, 0.5) is 0 Å². The van der Waals surface area contributed by atoms with Crippen LogP contribution in [0, 0.1) is 5.92 Å². The Balaban J connectivity index is 1.91. The van der Waals surface area contributed by atoms with Gasteiger partial charge in [-0.1, -0.05) is 37.5 Å². The van der Waals surface area contributed by atoms with E-state index in [-0.39, 0.29) is 35.4 Å². The van der Waals surface area contributed by atoms with E-state index < -0.39 is 0 Å². The zero-order valence-corrected chi connectivity index (χ0v) is 17.8. The minimum absolute atomic E-state index is 0.0188. The van der Waals surface area contributed by atoms with Crippen molar-refractivity contribution in [3.63, 3.8) is 0 Å². The first-order valence-corrected chi connectivity index (χ1v) is 11.1. The van der Waals surface area contributed by atoms with Crippen LogP contribution in [0.1, 0.15) is 81.8 Å². The molecular weight excluding hydrogens is 362 g/mol. The van der Waals surface area contributed by atoms with E-state index >= 15 is 0 Å². The third-order valence-electron chi connectivity index (χ3n) is 7.21. The molecule has 5 N–H and O–H groups in total. The SMILES string of the molecule is C=C(C)C1CCC(CO)=C[C@@H]1c1c(O)cc(C2(CCCCCN)CCC2)cc1O. The molecule has 1 unspecified atom stereocenters. The van der Waals surface area contributed by atoms with Crippen molar-refractivity contribution < 1.29 is 15.3 Å². The summed E-state index contributed by atoms with van der Waals surface area (Å²) in [5, 5.41) is 31.6. The molecule has 0 heterocycles. The van der Waals surface area contributed by atoms with E-state index in [0.717, 1.165) is 74.6 Å². The number of phenolic OH excluding ortho intramolecular Hbond substituents is 2. The monoisotopic (exact) mass is 399 g/mol. The van der Waals surface area contributed by atoms with Gasteiger partial charge in [-0.25, -0.2) is 0 Å². The quantitative estimate of drug-likeness (QED) is 0.347. The molecule has 4 nitrogen and oxygen atoms in total. The van der Waals surface area contributed by atoms with Crippen molar-refractivity contribution in [1.29, 1.82) is 0 Å². The molecule has 1 aromatic rings. The number of hydrogen-bond acceptors (Lipinski definition) is 4. The van der Waals surface area contributed by atoms with Crippen molar-refractivity contribution >= 4 is 0 Å². The smallest absolute Gasteiger partial charge is 0.123 e. The molecular formula is C25H37NO3. The summed E-state index contributed by atoms with van der Waals surface area (Å²) >= 11 is 0. The van der Waals surface area contributed by atoms with Crippen LogP contribution in [-0.2, 0) is 5.41 Å². The van der Waals surface area contributed by atoms with E-state index in [2.05, 4.69) is 6.58 Å². The van der Waals surface area contributed by atoms with Crippen LogP contribution in [0.3, 0.4) is 0 Å². The van der Waals surface area contributed by atoms with Gasteiger partial charge in [-0.05, 0) is 86.6 Å². The minimum Gasteiger partial charge on any atom is -0.507 e. The fourth-order valence-corrected chi connectivity index (χ4v) is 5.28. The van der Waals surface area contributed by atoms with Crippen LogP contribution in [0.25, 0.3) is 0 Å². The molecule has 0 aromatic heterocycles. The molecule has 2 atom stereocenters. The number of allylic oxidation sites excluding steroid dienone is 2. The molecule has 2 aliphatic rings. The van der Waals surface area contributed by atoms with E-state index in [9.17, 15) is 15.3 Å². The molecule has 0 saturated heterocycles. The van der Waals surface area contributed by atoms with E-state index in [1.165, 1.54) is 6.42 Å². The second kappa shape index (κ2) is 9.36. The highest BCUT2D eigenvalue weighted by molar-refractivity contribution is 5.53. The lowest BCUT2D eigenvalue weighted by atomic mass is 9.61. The summed E-state index contributed by atoms with van der Waals surface area (Å²) in [6, 6.07) is 3.77. The summed E-state index contributed by atoms with van der Waals surface area (Å²) < 4.78 is 0. The van der Waals surface area contributed by atoms with Gasteiger partial charge in [-0.15, -0.1) is 0 Å². The van der Waals surface area contributed by atoms with Gasteiger partial charge in [-0.2, -0.15) is 0 Å². The molecule has 2 aliphatic carbocycles. The van der Waals surface area contributed by atoms with Crippen molar-refractivity contribution in [2.45, 2.75) is 76.0 Å². The van der Waals surface area contributed by atoms with Crippen molar-refractivity contribution in [2.75, 3.05) is 13.2 Å². The zero-order valence-electron chi connectivity index (χ0n) is 17.8. The Morgan fingerprint density at radius 2 is 1.86 bits per heavy atom. The topological polar surface area (TPSA) is 86.7 Å². The van der Waals surface area contributed by atoms with Crippen LogP contribution in [-0.4, -0.2) is 28.5 Å². The summed E-state index contributed by atoms with van der Waals surface area (Å²) in [4.78, 5) is 0. The number of rotatable bonds is 9. The van der Waals surface area contributed by atoms with Gasteiger partial charge in [0, 0.05) is 11.5 Å². The van der Waals surface area contributed by atoms with Crippen LogP contribution in [0.15, 0.2) is 35.9 Å². The average molecular weight is 400 g/mol. The number of nitrogens with two attached hydrogens (primary N) is 1. The Morgan fingerprint density at radius 1 is 1.17 bits per heavy atom. The lowest BCUT2D eigenvalue weighted by Gasteiger charge is -2.43. The first-order chi connectivity index (χ1) is 13.9. The molecule has 0 aliphatic heterocycles. The van der Waals surface area contributed by atoms with Crippen molar-refractivity contribution in [3.05, 3.63) is 47.1 Å². The van der Waals surface area contributed by atoms with Gasteiger partial charge in [0.05, 0.1) is 6.61 Å². The van der Waals surface area contributed by atoms with Crippen molar-refractivity contribution in [1.82, 2.24) is 0 Å². The average Bonchev–Trinajstić information content (AvgIpc) is 2.66. The Hall–Kier alpha value is -1.78. The first-order valence-electron chi connectivity index (χ1n) is 11.1. The lowest BCUT2D eigenvalue weighted by molar-refractivity contribution is 0.217. The molecule has 1 saturated carbocycles. The molecule has 4 heteroatoms. The van der Waals surface area contributed by atoms with E-state index in [1.54, 1.807) is 0 Å². The predicted molar refractivity (Wildman–Crippen MR) is 118 cm³/mol. The molecule has 1 aromatic carbocycles. The van der Waals surface area contributed by atoms with Gasteiger partial charge < -0.3 is 21.1 Å². The number of aliphatic hydroxyl groups excluding tert-OH is 1. The van der Waals surface area contributed by atoms with E-state index in [0.29, 0.717) is 5.56 Å². The second-order valence-electron chi connectivity index (χ2n) is 9.16. The van der Waals surface area contributed by atoms with E-state index in [4.69, 9.17) is 5.73 Å². The highest BCUT2D eigenvalue weighted by Crippen LogP contribution is 2.52. The fraction of sp³-hybridized carbons (Fsp3) is 0.600. The maximum atomic E-state index is 11.0. The van der Waals surface area contributed by atoms with Gasteiger partial charge in [-0.3, -0.25) is 0 Å². The van der Waals surface area contributed by atoms with Crippen molar-refractivity contribution in [2.24, 2.45) is 11.7 Å². The van der Waals surface area contributed by atoms with Gasteiger partial charge in [0.15, 0.2) is 0 Å². The molecule has 3 rings (SSSR count). The number of aromatic hydroxyl groups is 2. The van der Waals surface area contributed by atoms with Gasteiger partial charge in [0.25, 0.3) is 0 Å². The van der Waals surface area contributed by atoms with Gasteiger partial charge >= 0.3 is 0 Å². The predicted octanol–water partition coefficient (Wildman–Crippen LogP) is 5.03. The molecule has 0 radical (unpaired) electrons. The Morgan fingerprint density at radius 3 is 2.38 bits per heavy atom. The summed E-state index contributed by atoms with van der Waals surface area (Å²) in [5.74, 6) is 0.334. The number of phenols is 2. The van der Waals surface area contributed by atoms with Gasteiger partial charge in [0.1, 0.15) is 11.5 Å². The second-order valence-corrected chi connectivity index (χ2v) is 9.16. The zero-order chi connectivity index (χ0) is 21.0. The highest BCUT2D eigenvalue weighted by Gasteiger charge is 2.39. The third kappa shape index (κ3) is 4.54. The summed E-state index contributed by atoms with van der Waals surface area (Å²) in [6.45, 7) is 6.88. The molecule has 160 valence electrons. The molecule has 0 bridgehead atoms. The minimum atomic E-state index is -0.153. The van der Waals surface area contributed by atoms with Crippen LogP contribution in [0.5, 0.6) is 11.5 Å². The van der Waals surface area contributed by atoms with E-state index in [1.807, 2.05) is 25.1 Å². The fourth-order valence-electron chi connectivity index (χ4n) is 5.28. The summed E-state index contributed by atoms with van der Waals surface area (Å²) in [5.41, 5.74) is 9.34. The standard InChI is InChI=1S/C25H37NO3/c1-17(2)20-8-7-18(16-27)13-21(20)24-22(28)14-19(15-23(24)29)25(10-6-11-25)9-4-3-5-12-26/h13-15,20-21,27-29H,1,3-12,16,26H2,2H3/t20?,21-/m0/s1. The highest BCUT2D eigenvalue weighted by atomic mass is 16.3. The Bertz CT molecular complexity index is 740. The Kier molecular flexibility index (Phi) is 7.07. The normalized spacial score (nSPS) is 23.3. The number of benzene rings is 1. The van der Waals surface area contributed by atoms with Crippen LogP contribution in [0.2, 0.25) is 0 Å². The summed E-state index contributed by atoms with van der Waals surface area (Å²) in [7, 11) is 0. The largest absolute Gasteiger partial charge is 0.507 e. The third-order valence-corrected chi connectivity index (χ3v) is 7.21. The maximum Gasteiger partial charge on any atom is 0.123 e. The van der Waals surface area contributed by atoms with Crippen LogP contribution >= 0.6 is 0 Å². The maximum absolute atomic E-state index is 11.0. The molecule has 0 spiro atoms.